The molecule has 0 spiro atoms. The Labute approximate surface area is 173 Å². The van der Waals surface area contributed by atoms with Crippen LogP contribution in [0.3, 0.4) is 0 Å². The number of nitrogens with two attached hydrogens (primary N) is 1. The summed E-state index contributed by atoms with van der Waals surface area (Å²) in [5.41, 5.74) is 10.5. The van der Waals surface area contributed by atoms with E-state index in [0.717, 1.165) is 40.7 Å². The lowest BCUT2D eigenvalue weighted by molar-refractivity contribution is 0.0302. The summed E-state index contributed by atoms with van der Waals surface area (Å²) in [5.74, 6) is 0.928. The maximum absolute atomic E-state index is 9.58. The van der Waals surface area contributed by atoms with Crippen molar-refractivity contribution in [2.24, 2.45) is 11.7 Å². The first-order valence-electron chi connectivity index (χ1n) is 10.1. The van der Waals surface area contributed by atoms with Gasteiger partial charge in [0.25, 0.3) is 0 Å². The highest BCUT2D eigenvalue weighted by molar-refractivity contribution is 5.84. The van der Waals surface area contributed by atoms with E-state index in [9.17, 15) is 10.2 Å². The SMILES string of the molecule is N[C@@H](c1cccc(-c2ccc3cnn(-c4cccc(CO)n4)c3c2)n1)C1CC(O)C1. The summed E-state index contributed by atoms with van der Waals surface area (Å²) in [6.07, 6.45) is 3.04. The number of aliphatic hydroxyl groups is 2. The molecule has 30 heavy (non-hydrogen) atoms. The minimum atomic E-state index is -0.232. The van der Waals surface area contributed by atoms with Crippen molar-refractivity contribution < 1.29 is 10.2 Å². The minimum Gasteiger partial charge on any atom is -0.393 e. The van der Waals surface area contributed by atoms with Crippen LogP contribution >= 0.6 is 0 Å². The predicted octanol–water partition coefficient (Wildman–Crippen LogP) is 2.75. The first-order chi connectivity index (χ1) is 14.6. The van der Waals surface area contributed by atoms with E-state index >= 15 is 0 Å². The molecule has 1 aromatic carbocycles. The first kappa shape index (κ1) is 18.9. The van der Waals surface area contributed by atoms with Crippen LogP contribution in [-0.4, -0.2) is 36.1 Å². The van der Waals surface area contributed by atoms with E-state index in [0.29, 0.717) is 11.5 Å². The fraction of sp³-hybridized carbons (Fsp3) is 0.261. The lowest BCUT2D eigenvalue weighted by Gasteiger charge is -2.35. The molecular weight excluding hydrogens is 378 g/mol. The molecule has 4 N–H and O–H groups in total. The molecule has 1 fully saturated rings. The molecule has 0 amide bonds. The third-order valence-corrected chi connectivity index (χ3v) is 5.81. The van der Waals surface area contributed by atoms with Gasteiger partial charge in [-0.2, -0.15) is 5.10 Å². The van der Waals surface area contributed by atoms with Crippen LogP contribution in [0.4, 0.5) is 0 Å². The fourth-order valence-corrected chi connectivity index (χ4v) is 4.00. The summed E-state index contributed by atoms with van der Waals surface area (Å²) in [4.78, 5) is 9.27. The van der Waals surface area contributed by atoms with Crippen LogP contribution in [0.5, 0.6) is 0 Å². The van der Waals surface area contributed by atoms with E-state index in [1.807, 2.05) is 48.5 Å². The summed E-state index contributed by atoms with van der Waals surface area (Å²) in [6.45, 7) is -0.118. The first-order valence-corrected chi connectivity index (χ1v) is 10.1. The van der Waals surface area contributed by atoms with Crippen LogP contribution in [-0.2, 0) is 6.61 Å². The molecule has 4 aromatic rings. The maximum atomic E-state index is 9.58. The molecule has 1 atom stereocenters. The van der Waals surface area contributed by atoms with Crippen LogP contribution in [0, 0.1) is 5.92 Å². The normalized spacial score (nSPS) is 19.6. The highest BCUT2D eigenvalue weighted by Crippen LogP contribution is 2.36. The van der Waals surface area contributed by atoms with Gasteiger partial charge in [0, 0.05) is 10.9 Å². The molecule has 1 aliphatic carbocycles. The third kappa shape index (κ3) is 3.37. The monoisotopic (exact) mass is 401 g/mol. The summed E-state index contributed by atoms with van der Waals surface area (Å²) < 4.78 is 1.77. The zero-order valence-corrected chi connectivity index (χ0v) is 16.4. The molecule has 152 valence electrons. The van der Waals surface area contributed by atoms with Gasteiger partial charge in [0.2, 0.25) is 0 Å². The molecule has 7 heteroatoms. The van der Waals surface area contributed by atoms with Crippen molar-refractivity contribution in [3.05, 3.63) is 72.2 Å². The van der Waals surface area contributed by atoms with Gasteiger partial charge in [0.1, 0.15) is 0 Å². The van der Waals surface area contributed by atoms with Crippen molar-refractivity contribution in [2.75, 3.05) is 0 Å². The van der Waals surface area contributed by atoms with Crippen LogP contribution < -0.4 is 5.73 Å². The van der Waals surface area contributed by atoms with E-state index in [4.69, 9.17) is 10.7 Å². The second kappa shape index (κ2) is 7.60. The van der Waals surface area contributed by atoms with Crippen molar-refractivity contribution in [1.29, 1.82) is 0 Å². The highest BCUT2D eigenvalue weighted by Gasteiger charge is 2.33. The van der Waals surface area contributed by atoms with Crippen molar-refractivity contribution in [1.82, 2.24) is 19.7 Å². The topological polar surface area (TPSA) is 110 Å². The summed E-state index contributed by atoms with van der Waals surface area (Å²) >= 11 is 0. The molecule has 1 saturated carbocycles. The summed E-state index contributed by atoms with van der Waals surface area (Å²) in [7, 11) is 0. The second-order valence-corrected chi connectivity index (χ2v) is 7.83. The number of hydrogen-bond donors (Lipinski definition) is 3. The number of nitrogens with zero attached hydrogens (tertiary/aromatic N) is 4. The van der Waals surface area contributed by atoms with Gasteiger partial charge in [-0.25, -0.2) is 9.67 Å². The average Bonchev–Trinajstić information content (AvgIpc) is 3.20. The zero-order chi connectivity index (χ0) is 20.7. The van der Waals surface area contributed by atoms with Gasteiger partial charge >= 0.3 is 0 Å². The van der Waals surface area contributed by atoms with Gasteiger partial charge in [-0.05, 0) is 49.1 Å². The number of fused-ring (bicyclic) bond motifs is 1. The lowest BCUT2D eigenvalue weighted by Crippen LogP contribution is -2.36. The molecule has 0 unspecified atom stereocenters. The molecule has 7 nitrogen and oxygen atoms in total. The van der Waals surface area contributed by atoms with E-state index in [2.05, 4.69) is 10.1 Å². The van der Waals surface area contributed by atoms with Crippen molar-refractivity contribution in [3.63, 3.8) is 0 Å². The Morgan fingerprint density at radius 1 is 1.07 bits per heavy atom. The van der Waals surface area contributed by atoms with Crippen molar-refractivity contribution >= 4 is 10.9 Å². The third-order valence-electron chi connectivity index (χ3n) is 5.81. The van der Waals surface area contributed by atoms with Crippen LogP contribution in [0.1, 0.15) is 30.3 Å². The molecule has 1 aliphatic rings. The van der Waals surface area contributed by atoms with Crippen molar-refractivity contribution in [2.45, 2.75) is 31.6 Å². The van der Waals surface area contributed by atoms with Crippen LogP contribution in [0.15, 0.2) is 60.8 Å². The Morgan fingerprint density at radius 3 is 2.70 bits per heavy atom. The number of hydrogen-bond acceptors (Lipinski definition) is 6. The van der Waals surface area contributed by atoms with Gasteiger partial charge in [0.05, 0.1) is 47.5 Å². The molecule has 0 radical (unpaired) electrons. The Hall–Kier alpha value is -3.13. The minimum absolute atomic E-state index is 0.118. The molecule has 0 saturated heterocycles. The number of aliphatic hydroxyl groups excluding tert-OH is 2. The van der Waals surface area contributed by atoms with Gasteiger partial charge in [0.15, 0.2) is 5.82 Å². The number of benzene rings is 1. The maximum Gasteiger partial charge on any atom is 0.154 e. The van der Waals surface area contributed by atoms with Gasteiger partial charge in [-0.15, -0.1) is 0 Å². The smallest absolute Gasteiger partial charge is 0.154 e. The number of pyridine rings is 2. The summed E-state index contributed by atoms with van der Waals surface area (Å²) in [6, 6.07) is 17.3. The van der Waals surface area contributed by atoms with E-state index in [1.165, 1.54) is 0 Å². The highest BCUT2D eigenvalue weighted by atomic mass is 16.3. The largest absolute Gasteiger partial charge is 0.393 e. The van der Waals surface area contributed by atoms with Crippen LogP contribution in [0.2, 0.25) is 0 Å². The van der Waals surface area contributed by atoms with Crippen molar-refractivity contribution in [3.8, 4) is 17.1 Å². The Balaban J connectivity index is 1.52. The Bertz CT molecular complexity index is 1200. The molecule has 5 rings (SSSR count). The van der Waals surface area contributed by atoms with Gasteiger partial charge in [-0.3, -0.25) is 4.98 Å². The predicted molar refractivity (Wildman–Crippen MR) is 114 cm³/mol. The zero-order valence-electron chi connectivity index (χ0n) is 16.4. The van der Waals surface area contributed by atoms with Crippen LogP contribution in [0.25, 0.3) is 28.0 Å². The van der Waals surface area contributed by atoms with Gasteiger partial charge in [-0.1, -0.05) is 24.3 Å². The van der Waals surface area contributed by atoms with E-state index in [1.54, 1.807) is 16.9 Å². The standard InChI is InChI=1S/C23H23N5O2/c24-23(16-9-18(30)10-16)20-5-2-4-19(27-20)14-7-8-15-12-25-28(21(15)11-14)22-6-1-3-17(13-29)26-22/h1-8,11-12,16,18,23,29-30H,9-10,13,24H2/t16?,18?,23-/m1/s1. The molecule has 0 bridgehead atoms. The lowest BCUT2D eigenvalue weighted by atomic mass is 9.76. The average molecular weight is 401 g/mol. The quantitative estimate of drug-likeness (QED) is 0.474. The molecular formula is C23H23N5O2. The molecule has 3 aromatic heterocycles. The van der Waals surface area contributed by atoms with E-state index in [-0.39, 0.29) is 24.7 Å². The summed E-state index contributed by atoms with van der Waals surface area (Å²) in [5, 5.41) is 24.4. The molecule has 0 aliphatic heterocycles. The second-order valence-electron chi connectivity index (χ2n) is 7.83. The van der Waals surface area contributed by atoms with E-state index < -0.39 is 0 Å². The van der Waals surface area contributed by atoms with Gasteiger partial charge < -0.3 is 15.9 Å². The Morgan fingerprint density at radius 2 is 1.90 bits per heavy atom. The number of rotatable bonds is 5. The fourth-order valence-electron chi connectivity index (χ4n) is 4.00. The molecule has 3 heterocycles. The Kier molecular flexibility index (Phi) is 4.78. The number of aromatic nitrogens is 4.